The van der Waals surface area contributed by atoms with E-state index < -0.39 is 0 Å². The summed E-state index contributed by atoms with van der Waals surface area (Å²) in [5.74, 6) is 1.03. The maximum atomic E-state index is 4.32. The molecule has 0 N–H and O–H groups in total. The van der Waals surface area contributed by atoms with E-state index in [2.05, 4.69) is 35.6 Å². The molecule has 0 aliphatic rings. The van der Waals surface area contributed by atoms with Crippen molar-refractivity contribution >= 4 is 23.6 Å². The molecule has 130 valence electrons. The summed E-state index contributed by atoms with van der Waals surface area (Å²) in [5, 5.41) is 10.1. The summed E-state index contributed by atoms with van der Waals surface area (Å²) in [6.45, 7) is 1.84. The molecule has 0 amide bonds. The van der Waals surface area contributed by atoms with E-state index >= 15 is 0 Å². The van der Waals surface area contributed by atoms with Crippen LogP contribution >= 0.6 is 0 Å². The number of aromatic nitrogens is 4. The van der Waals surface area contributed by atoms with E-state index in [1.54, 1.807) is 36.7 Å². The van der Waals surface area contributed by atoms with Crippen LogP contribution in [-0.2, 0) is 0 Å². The summed E-state index contributed by atoms with van der Waals surface area (Å²) >= 11 is 0. The molecule has 0 fully saturated rings. The van der Waals surface area contributed by atoms with Gasteiger partial charge in [-0.1, -0.05) is 12.1 Å². The largest absolute Gasteiger partial charge is 0.425 e. The fraction of sp³-hybridized carbons (Fsp3) is 0.111. The van der Waals surface area contributed by atoms with Crippen LogP contribution in [0.15, 0.2) is 71.4 Å². The first-order valence-corrected chi connectivity index (χ1v) is 7.90. The van der Waals surface area contributed by atoms with Gasteiger partial charge in [0.25, 0.3) is 0 Å². The number of hydrogen-bond donors (Lipinski definition) is 0. The summed E-state index contributed by atoms with van der Waals surface area (Å²) in [7, 11) is 1.79. The van der Waals surface area contributed by atoms with Crippen LogP contribution in [0.1, 0.15) is 18.3 Å². The second kappa shape index (κ2) is 8.43. The Kier molecular flexibility index (Phi) is 5.56. The van der Waals surface area contributed by atoms with Gasteiger partial charge in [0, 0.05) is 25.8 Å². The molecule has 8 heteroatoms. The van der Waals surface area contributed by atoms with Crippen molar-refractivity contribution in [1.29, 1.82) is 0 Å². The van der Waals surface area contributed by atoms with Gasteiger partial charge in [-0.15, -0.1) is 0 Å². The maximum Gasteiger partial charge on any atom is 0.147 e. The van der Waals surface area contributed by atoms with Gasteiger partial charge in [0.2, 0.25) is 0 Å². The van der Waals surface area contributed by atoms with Crippen LogP contribution in [0, 0.1) is 0 Å². The molecule has 3 aromatic heterocycles. The predicted molar refractivity (Wildman–Crippen MR) is 102 cm³/mol. The van der Waals surface area contributed by atoms with Crippen LogP contribution in [0.4, 0.5) is 11.6 Å². The molecule has 3 heterocycles. The molecule has 0 saturated carbocycles. The molecule has 3 aromatic rings. The van der Waals surface area contributed by atoms with Crippen LogP contribution in [0.25, 0.3) is 5.43 Å². The Hall–Kier alpha value is -3.68. The highest BCUT2D eigenvalue weighted by Gasteiger charge is 1.99. The number of pyridine rings is 2. The van der Waals surface area contributed by atoms with Crippen molar-refractivity contribution in [2.75, 3.05) is 12.1 Å². The lowest BCUT2D eigenvalue weighted by Crippen LogP contribution is -2.11. The van der Waals surface area contributed by atoms with Crippen molar-refractivity contribution in [2.45, 2.75) is 6.92 Å². The Balaban J connectivity index is 1.69. The normalized spacial score (nSPS) is 11.5. The van der Waals surface area contributed by atoms with E-state index in [1.165, 1.54) is 6.33 Å². The Bertz CT molecular complexity index is 893. The first kappa shape index (κ1) is 17.2. The molecular formula is C18H17N8-. The van der Waals surface area contributed by atoms with Crippen LogP contribution < -0.4 is 5.01 Å². The number of rotatable bonds is 6. The average Bonchev–Trinajstić information content (AvgIpc) is 2.72. The number of nitrogens with zero attached hydrogens (tertiary/aromatic N) is 8. The van der Waals surface area contributed by atoms with Gasteiger partial charge in [0.05, 0.1) is 23.3 Å². The quantitative estimate of drug-likeness (QED) is 0.505. The van der Waals surface area contributed by atoms with E-state index in [1.807, 2.05) is 43.3 Å². The van der Waals surface area contributed by atoms with Crippen molar-refractivity contribution in [3.8, 4) is 0 Å². The third-order valence-corrected chi connectivity index (χ3v) is 3.36. The van der Waals surface area contributed by atoms with E-state index in [4.69, 9.17) is 0 Å². The van der Waals surface area contributed by atoms with Crippen molar-refractivity contribution < 1.29 is 0 Å². The molecular weight excluding hydrogens is 328 g/mol. The Morgan fingerprint density at radius 3 is 2.58 bits per heavy atom. The van der Waals surface area contributed by atoms with Crippen molar-refractivity contribution in [3.05, 3.63) is 78.0 Å². The second-order valence-electron chi connectivity index (χ2n) is 5.26. The second-order valence-corrected chi connectivity index (χ2v) is 5.26. The lowest BCUT2D eigenvalue weighted by atomic mass is 10.3. The molecule has 0 saturated heterocycles. The Morgan fingerprint density at radius 1 is 1.04 bits per heavy atom. The standard InChI is InChI=1S/C18H17N8/c1-14(16-8-4-6-10-20-16)24-25-17-11-18(22-13-21-17)26(2)23-12-15-7-3-5-9-19-15/h3-13H,1-2H3/q-1/b23-12+,24-14+. The van der Waals surface area contributed by atoms with Crippen LogP contribution in [-0.4, -0.2) is 38.9 Å². The summed E-state index contributed by atoms with van der Waals surface area (Å²) in [5.41, 5.74) is 6.38. The molecule has 0 aromatic carbocycles. The maximum absolute atomic E-state index is 4.32. The molecule has 0 radical (unpaired) electrons. The van der Waals surface area contributed by atoms with Gasteiger partial charge >= 0.3 is 0 Å². The van der Waals surface area contributed by atoms with Crippen LogP contribution in [0.5, 0.6) is 0 Å². The van der Waals surface area contributed by atoms with E-state index in [0.717, 1.165) is 11.4 Å². The van der Waals surface area contributed by atoms with Gasteiger partial charge in [-0.05, 0) is 43.1 Å². The molecule has 3 rings (SSSR count). The first-order valence-electron chi connectivity index (χ1n) is 7.90. The first-order chi connectivity index (χ1) is 12.7. The molecule has 0 aliphatic heterocycles. The predicted octanol–water partition coefficient (Wildman–Crippen LogP) is 3.17. The lowest BCUT2D eigenvalue weighted by molar-refractivity contribution is 0.967. The van der Waals surface area contributed by atoms with Crippen LogP contribution in [0.3, 0.4) is 0 Å². The molecule has 0 spiro atoms. The van der Waals surface area contributed by atoms with Gasteiger partial charge < -0.3 is 10.4 Å². The third-order valence-electron chi connectivity index (χ3n) is 3.36. The lowest BCUT2D eigenvalue weighted by Gasteiger charge is -2.16. The topological polar surface area (TPSA) is 93.6 Å². The van der Waals surface area contributed by atoms with E-state index in [9.17, 15) is 0 Å². The molecule has 0 unspecified atom stereocenters. The highest BCUT2D eigenvalue weighted by atomic mass is 15.5. The van der Waals surface area contributed by atoms with Gasteiger partial charge in [-0.25, -0.2) is 4.98 Å². The molecule has 0 aliphatic carbocycles. The van der Waals surface area contributed by atoms with Crippen molar-refractivity contribution in [2.24, 2.45) is 10.2 Å². The average molecular weight is 345 g/mol. The highest BCUT2D eigenvalue weighted by Crippen LogP contribution is 2.20. The Morgan fingerprint density at radius 2 is 1.85 bits per heavy atom. The third kappa shape index (κ3) is 4.67. The van der Waals surface area contributed by atoms with E-state index in [0.29, 0.717) is 17.3 Å². The fourth-order valence-corrected chi connectivity index (χ4v) is 1.98. The molecule has 0 atom stereocenters. The van der Waals surface area contributed by atoms with Gasteiger partial charge in [-0.2, -0.15) is 5.10 Å². The van der Waals surface area contributed by atoms with E-state index in [-0.39, 0.29) is 0 Å². The zero-order valence-electron chi connectivity index (χ0n) is 14.4. The molecule has 8 nitrogen and oxygen atoms in total. The zero-order chi connectivity index (χ0) is 18.2. The summed E-state index contributed by atoms with van der Waals surface area (Å²) < 4.78 is 0. The van der Waals surface area contributed by atoms with Gasteiger partial charge in [-0.3, -0.25) is 20.1 Å². The molecule has 0 bridgehead atoms. The highest BCUT2D eigenvalue weighted by molar-refractivity contribution is 5.97. The Labute approximate surface area is 151 Å². The minimum Gasteiger partial charge on any atom is -0.425 e. The fourth-order valence-electron chi connectivity index (χ4n) is 1.98. The smallest absolute Gasteiger partial charge is 0.147 e. The number of hydrazone groups is 1. The van der Waals surface area contributed by atoms with Crippen molar-refractivity contribution in [1.82, 2.24) is 19.9 Å². The SMILES string of the molecule is C/C(=N\[N-]c1cc(N(C)/N=C/c2ccccn2)ncn1)c1ccccn1. The minimum atomic E-state index is 0.435. The number of anilines is 1. The van der Waals surface area contributed by atoms with Crippen LogP contribution in [0.2, 0.25) is 0 Å². The summed E-state index contributed by atoms with van der Waals surface area (Å²) in [6, 6.07) is 13.0. The monoisotopic (exact) mass is 345 g/mol. The zero-order valence-corrected chi connectivity index (χ0v) is 14.4. The number of hydrogen-bond acceptors (Lipinski definition) is 7. The van der Waals surface area contributed by atoms with Crippen molar-refractivity contribution in [3.63, 3.8) is 0 Å². The minimum absolute atomic E-state index is 0.435. The molecule has 26 heavy (non-hydrogen) atoms. The summed E-state index contributed by atoms with van der Waals surface area (Å²) in [4.78, 5) is 16.7. The summed E-state index contributed by atoms with van der Waals surface area (Å²) in [6.07, 6.45) is 6.51. The van der Waals surface area contributed by atoms with Gasteiger partial charge in [0.1, 0.15) is 5.82 Å². The van der Waals surface area contributed by atoms with Gasteiger partial charge in [0.15, 0.2) is 0 Å².